The Morgan fingerprint density at radius 2 is 2.26 bits per heavy atom. The smallest absolute Gasteiger partial charge is 0.306 e. The lowest BCUT2D eigenvalue weighted by Gasteiger charge is -2.39. The lowest BCUT2D eigenvalue weighted by atomic mass is 9.89. The second-order valence-corrected chi connectivity index (χ2v) is 6.66. The third-order valence-electron chi connectivity index (χ3n) is 3.53. The average Bonchev–Trinajstić information content (AvgIpc) is 2.75. The molecule has 1 atom stereocenters. The van der Waals surface area contributed by atoms with E-state index in [4.69, 9.17) is 5.11 Å². The predicted molar refractivity (Wildman–Crippen MR) is 67.0 cm³/mol. The van der Waals surface area contributed by atoms with Gasteiger partial charge in [-0.05, 0) is 5.92 Å². The maximum Gasteiger partial charge on any atom is 0.306 e. The molecule has 0 aliphatic carbocycles. The van der Waals surface area contributed by atoms with E-state index >= 15 is 0 Å². The van der Waals surface area contributed by atoms with Crippen molar-refractivity contribution >= 4 is 16.0 Å². The molecule has 19 heavy (non-hydrogen) atoms. The summed E-state index contributed by atoms with van der Waals surface area (Å²) >= 11 is 0. The second-order valence-electron chi connectivity index (χ2n) is 4.76. The lowest BCUT2D eigenvalue weighted by molar-refractivity contribution is -0.144. The van der Waals surface area contributed by atoms with Crippen LogP contribution in [0.2, 0.25) is 0 Å². The molecule has 0 aromatic carbocycles. The molecule has 1 aromatic heterocycles. The maximum absolute atomic E-state index is 12.2. The zero-order valence-electron chi connectivity index (χ0n) is 10.8. The van der Waals surface area contributed by atoms with Gasteiger partial charge in [-0.3, -0.25) is 4.79 Å². The maximum atomic E-state index is 12.2. The molecule has 0 bridgehead atoms. The summed E-state index contributed by atoms with van der Waals surface area (Å²) in [4.78, 5) is 17.5. The van der Waals surface area contributed by atoms with Crippen LogP contribution in [0.15, 0.2) is 11.2 Å². The van der Waals surface area contributed by atoms with Crippen molar-refractivity contribution in [2.24, 2.45) is 11.8 Å². The van der Waals surface area contributed by atoms with E-state index in [2.05, 4.69) is 9.97 Å². The molecule has 1 unspecified atom stereocenters. The number of nitrogens with zero attached hydrogens (tertiary/aromatic N) is 2. The number of carboxylic acids is 1. The Hall–Kier alpha value is -1.41. The molecule has 106 valence electrons. The number of imidazole rings is 1. The van der Waals surface area contributed by atoms with Gasteiger partial charge in [-0.15, -0.1) is 0 Å². The van der Waals surface area contributed by atoms with Crippen LogP contribution in [-0.2, 0) is 21.2 Å². The summed E-state index contributed by atoms with van der Waals surface area (Å²) in [6.45, 7) is 3.97. The van der Waals surface area contributed by atoms with Crippen molar-refractivity contribution in [2.45, 2.75) is 25.3 Å². The third kappa shape index (κ3) is 2.50. The van der Waals surface area contributed by atoms with Gasteiger partial charge in [0.25, 0.3) is 10.0 Å². The van der Waals surface area contributed by atoms with Crippen molar-refractivity contribution in [3.05, 3.63) is 12.0 Å². The molecule has 7 nitrogen and oxygen atoms in total. The molecular weight excluding hydrogens is 270 g/mol. The number of aryl methyl sites for hydroxylation is 1. The molecule has 2 rings (SSSR count). The van der Waals surface area contributed by atoms with Crippen LogP contribution in [0.5, 0.6) is 0 Å². The summed E-state index contributed by atoms with van der Waals surface area (Å²) in [6.07, 6.45) is 1.94. The van der Waals surface area contributed by atoms with Crippen molar-refractivity contribution in [1.82, 2.24) is 14.3 Å². The zero-order valence-corrected chi connectivity index (χ0v) is 11.6. The van der Waals surface area contributed by atoms with Gasteiger partial charge < -0.3 is 10.1 Å². The molecular formula is C11H17N3O4S. The van der Waals surface area contributed by atoms with Crippen LogP contribution in [-0.4, -0.2) is 46.9 Å². The van der Waals surface area contributed by atoms with Gasteiger partial charge in [-0.1, -0.05) is 13.8 Å². The van der Waals surface area contributed by atoms with Crippen LogP contribution in [0.1, 0.15) is 19.7 Å². The van der Waals surface area contributed by atoms with E-state index < -0.39 is 21.9 Å². The minimum absolute atomic E-state index is 0.0748. The molecule has 1 aliphatic rings. The van der Waals surface area contributed by atoms with Crippen molar-refractivity contribution < 1.29 is 18.3 Å². The van der Waals surface area contributed by atoms with Crippen molar-refractivity contribution in [3.8, 4) is 0 Å². The number of aromatic amines is 1. The van der Waals surface area contributed by atoms with Gasteiger partial charge >= 0.3 is 5.97 Å². The monoisotopic (exact) mass is 287 g/mol. The second kappa shape index (κ2) is 4.93. The minimum Gasteiger partial charge on any atom is -0.481 e. The van der Waals surface area contributed by atoms with E-state index in [1.807, 2.05) is 6.92 Å². The van der Waals surface area contributed by atoms with Gasteiger partial charge in [0.2, 0.25) is 0 Å². The van der Waals surface area contributed by atoms with Gasteiger partial charge in [0.05, 0.1) is 12.1 Å². The highest BCUT2D eigenvalue weighted by atomic mass is 32.2. The van der Waals surface area contributed by atoms with E-state index in [-0.39, 0.29) is 24.0 Å². The van der Waals surface area contributed by atoms with E-state index in [1.165, 1.54) is 10.5 Å². The summed E-state index contributed by atoms with van der Waals surface area (Å²) in [5.74, 6) is -0.924. The molecule has 0 radical (unpaired) electrons. The fraction of sp³-hybridized carbons (Fsp3) is 0.636. The van der Waals surface area contributed by atoms with Gasteiger partial charge in [0.15, 0.2) is 5.03 Å². The largest absolute Gasteiger partial charge is 0.481 e. The number of H-pyrrole nitrogens is 1. The highest BCUT2D eigenvalue weighted by Crippen LogP contribution is 2.29. The number of hydrogen-bond donors (Lipinski definition) is 2. The van der Waals surface area contributed by atoms with Crippen LogP contribution < -0.4 is 0 Å². The quantitative estimate of drug-likeness (QED) is 0.811. The molecule has 0 spiro atoms. The van der Waals surface area contributed by atoms with Gasteiger partial charge in [0.1, 0.15) is 5.82 Å². The van der Waals surface area contributed by atoms with Crippen LogP contribution in [0.25, 0.3) is 0 Å². The Labute approximate surface area is 111 Å². The molecule has 1 saturated heterocycles. The number of aromatic nitrogens is 2. The number of nitrogens with one attached hydrogen (secondary N) is 1. The van der Waals surface area contributed by atoms with E-state index in [9.17, 15) is 13.2 Å². The topological polar surface area (TPSA) is 103 Å². The highest BCUT2D eigenvalue weighted by Gasteiger charge is 2.41. The van der Waals surface area contributed by atoms with E-state index in [0.717, 1.165) is 0 Å². The Morgan fingerprint density at radius 1 is 1.63 bits per heavy atom. The first-order valence-electron chi connectivity index (χ1n) is 6.13. The summed E-state index contributed by atoms with van der Waals surface area (Å²) < 4.78 is 25.7. The first kappa shape index (κ1) is 14.0. The number of carbonyl (C=O) groups is 1. The highest BCUT2D eigenvalue weighted by molar-refractivity contribution is 7.89. The standard InChI is InChI=1S/C11H17N3O4S/c1-3-9-12-4-10(13-9)19(17,18)14-5-8(6-14)7(2)11(15)16/h4,7-8H,3,5-6H2,1-2H3,(H,12,13)(H,15,16). The number of hydrogen-bond acceptors (Lipinski definition) is 4. The summed E-state index contributed by atoms with van der Waals surface area (Å²) in [7, 11) is -3.56. The van der Waals surface area contributed by atoms with Crippen molar-refractivity contribution in [3.63, 3.8) is 0 Å². The fourth-order valence-electron chi connectivity index (χ4n) is 1.98. The fourth-order valence-corrected chi connectivity index (χ4v) is 3.46. The van der Waals surface area contributed by atoms with Gasteiger partial charge in [-0.25, -0.2) is 13.4 Å². The molecule has 2 N–H and O–H groups in total. The Morgan fingerprint density at radius 3 is 2.74 bits per heavy atom. The van der Waals surface area contributed by atoms with Crippen LogP contribution >= 0.6 is 0 Å². The van der Waals surface area contributed by atoms with Crippen molar-refractivity contribution in [2.75, 3.05) is 13.1 Å². The normalized spacial score (nSPS) is 19.1. The predicted octanol–water partition coefficient (Wildman–Crippen LogP) is 0.313. The molecule has 1 aromatic rings. The first-order valence-corrected chi connectivity index (χ1v) is 7.57. The first-order chi connectivity index (χ1) is 8.86. The molecule has 0 saturated carbocycles. The Kier molecular flexibility index (Phi) is 3.64. The number of aliphatic carboxylic acids is 1. The van der Waals surface area contributed by atoms with E-state index in [0.29, 0.717) is 12.2 Å². The summed E-state index contributed by atoms with van der Waals surface area (Å²) in [6, 6.07) is 0. The third-order valence-corrected chi connectivity index (χ3v) is 5.27. The minimum atomic E-state index is -3.56. The SMILES string of the molecule is CCc1ncc(S(=O)(=O)N2CC(C(C)C(=O)O)C2)[nH]1. The number of rotatable bonds is 5. The molecule has 1 aliphatic heterocycles. The molecule has 8 heteroatoms. The number of sulfonamides is 1. The van der Waals surface area contributed by atoms with Crippen molar-refractivity contribution in [1.29, 1.82) is 0 Å². The van der Waals surface area contributed by atoms with Gasteiger partial charge in [0, 0.05) is 19.5 Å². The van der Waals surface area contributed by atoms with Crippen LogP contribution in [0.3, 0.4) is 0 Å². The lowest BCUT2D eigenvalue weighted by Crippen LogP contribution is -2.53. The summed E-state index contributed by atoms with van der Waals surface area (Å²) in [5, 5.41) is 8.95. The Bertz CT molecular complexity index is 575. The summed E-state index contributed by atoms with van der Waals surface area (Å²) in [5.41, 5.74) is 0. The Balaban J connectivity index is 2.06. The van der Waals surface area contributed by atoms with Crippen LogP contribution in [0.4, 0.5) is 0 Å². The van der Waals surface area contributed by atoms with Gasteiger partial charge in [-0.2, -0.15) is 4.31 Å². The molecule has 0 amide bonds. The zero-order chi connectivity index (χ0) is 14.2. The van der Waals surface area contributed by atoms with Crippen LogP contribution in [0, 0.1) is 11.8 Å². The average molecular weight is 287 g/mol. The number of carboxylic acid groups (broad SMARTS) is 1. The van der Waals surface area contributed by atoms with E-state index in [1.54, 1.807) is 6.92 Å². The molecule has 1 fully saturated rings. The molecule has 2 heterocycles.